The number of hydrogen-bond donors (Lipinski definition) is 2. The summed E-state index contributed by atoms with van der Waals surface area (Å²) >= 11 is 0. The number of carbonyl (C=O) groups excluding carboxylic acids is 1. The average molecular weight is 429 g/mol. The Kier molecular flexibility index (Phi) is 5.57. The molecule has 0 atom stereocenters. The second-order valence-corrected chi connectivity index (χ2v) is 7.71. The lowest BCUT2D eigenvalue weighted by molar-refractivity contribution is -0.118. The van der Waals surface area contributed by atoms with Crippen LogP contribution in [-0.4, -0.2) is 68.8 Å². The van der Waals surface area contributed by atoms with Crippen molar-refractivity contribution in [2.75, 3.05) is 38.2 Å². The van der Waals surface area contributed by atoms with Crippen LogP contribution in [0.5, 0.6) is 0 Å². The van der Waals surface area contributed by atoms with Crippen LogP contribution in [0.25, 0.3) is 33.7 Å². The summed E-state index contributed by atoms with van der Waals surface area (Å²) in [7, 11) is 0. The molecule has 0 bridgehead atoms. The Bertz CT molecular complexity index is 1260. The first kappa shape index (κ1) is 20.2. The number of ether oxygens (including phenoxy) is 1. The number of amides is 1. The monoisotopic (exact) mass is 429 g/mol. The van der Waals surface area contributed by atoms with Gasteiger partial charge >= 0.3 is 0 Å². The van der Waals surface area contributed by atoms with Crippen molar-refractivity contribution >= 4 is 22.6 Å². The number of nitrogens with one attached hydrogen (secondary N) is 2. The van der Waals surface area contributed by atoms with Gasteiger partial charge in [-0.15, -0.1) is 0 Å². The molecule has 0 aliphatic carbocycles. The molecule has 4 aromatic rings. The summed E-state index contributed by atoms with van der Waals surface area (Å²) in [5.41, 5.74) is 6.11. The molecule has 5 rings (SSSR count). The normalized spacial score (nSPS) is 14.5. The van der Waals surface area contributed by atoms with E-state index in [0.717, 1.165) is 46.9 Å². The molecule has 1 aliphatic heterocycles. The van der Waals surface area contributed by atoms with Crippen molar-refractivity contribution in [2.45, 2.75) is 6.92 Å². The number of aromatic amines is 1. The van der Waals surface area contributed by atoms with E-state index < -0.39 is 0 Å². The largest absolute Gasteiger partial charge is 0.379 e. The van der Waals surface area contributed by atoms with Crippen molar-refractivity contribution in [3.63, 3.8) is 0 Å². The SMILES string of the molecule is Cc1cccc(-c2n[nH]cc2-c2ccc3ncc(NC(=O)CN4CCOCC4)cc3n2)n1. The molecule has 1 amide bonds. The molecule has 2 N–H and O–H groups in total. The summed E-state index contributed by atoms with van der Waals surface area (Å²) in [5, 5.41) is 10.2. The zero-order chi connectivity index (χ0) is 21.9. The topological polar surface area (TPSA) is 109 Å². The van der Waals surface area contributed by atoms with Crippen LogP contribution in [0.4, 0.5) is 5.69 Å². The van der Waals surface area contributed by atoms with E-state index in [1.165, 1.54) is 0 Å². The lowest BCUT2D eigenvalue weighted by atomic mass is 10.1. The molecular formula is C23H23N7O2. The smallest absolute Gasteiger partial charge is 0.238 e. The maximum atomic E-state index is 12.4. The van der Waals surface area contributed by atoms with Crippen molar-refractivity contribution in [3.05, 3.63) is 54.5 Å². The van der Waals surface area contributed by atoms with E-state index in [0.29, 0.717) is 31.0 Å². The highest BCUT2D eigenvalue weighted by Crippen LogP contribution is 2.29. The number of fused-ring (bicyclic) bond motifs is 1. The van der Waals surface area contributed by atoms with Crippen LogP contribution in [0.2, 0.25) is 0 Å². The van der Waals surface area contributed by atoms with Gasteiger partial charge in [0.1, 0.15) is 5.69 Å². The molecule has 162 valence electrons. The molecule has 0 unspecified atom stereocenters. The van der Waals surface area contributed by atoms with Crippen LogP contribution in [0.3, 0.4) is 0 Å². The van der Waals surface area contributed by atoms with Crippen LogP contribution >= 0.6 is 0 Å². The minimum Gasteiger partial charge on any atom is -0.379 e. The molecule has 0 saturated carbocycles. The Labute approximate surface area is 184 Å². The van der Waals surface area contributed by atoms with E-state index in [2.05, 4.69) is 30.4 Å². The molecule has 1 fully saturated rings. The number of H-pyrrole nitrogens is 1. The minimum atomic E-state index is -0.0770. The van der Waals surface area contributed by atoms with Crippen LogP contribution in [-0.2, 0) is 9.53 Å². The first-order valence-electron chi connectivity index (χ1n) is 10.5. The average Bonchev–Trinajstić information content (AvgIpc) is 3.29. The van der Waals surface area contributed by atoms with Gasteiger partial charge in [-0.2, -0.15) is 5.10 Å². The molecule has 1 aliphatic rings. The van der Waals surface area contributed by atoms with Crippen molar-refractivity contribution in [1.82, 2.24) is 30.0 Å². The van der Waals surface area contributed by atoms with Gasteiger partial charge in [-0.25, -0.2) is 4.98 Å². The first-order valence-corrected chi connectivity index (χ1v) is 10.5. The van der Waals surface area contributed by atoms with Crippen molar-refractivity contribution in [3.8, 4) is 22.6 Å². The highest BCUT2D eigenvalue weighted by molar-refractivity contribution is 5.94. The Morgan fingerprint density at radius 1 is 1.12 bits per heavy atom. The van der Waals surface area contributed by atoms with Gasteiger partial charge in [0.15, 0.2) is 0 Å². The lowest BCUT2D eigenvalue weighted by Crippen LogP contribution is -2.41. The number of carbonyl (C=O) groups is 1. The van der Waals surface area contributed by atoms with Gasteiger partial charge in [0.2, 0.25) is 5.91 Å². The van der Waals surface area contributed by atoms with Gasteiger partial charge in [-0.05, 0) is 37.3 Å². The number of anilines is 1. The second kappa shape index (κ2) is 8.81. The molecule has 9 nitrogen and oxygen atoms in total. The summed E-state index contributed by atoms with van der Waals surface area (Å²) in [6.07, 6.45) is 3.47. The van der Waals surface area contributed by atoms with Gasteiger partial charge in [-0.1, -0.05) is 6.07 Å². The summed E-state index contributed by atoms with van der Waals surface area (Å²) in [6.45, 7) is 5.12. The molecule has 1 saturated heterocycles. The summed E-state index contributed by atoms with van der Waals surface area (Å²) < 4.78 is 5.33. The predicted molar refractivity (Wildman–Crippen MR) is 121 cm³/mol. The second-order valence-electron chi connectivity index (χ2n) is 7.71. The number of morpholine rings is 1. The molecule has 0 aromatic carbocycles. The van der Waals surface area contributed by atoms with Crippen LogP contribution < -0.4 is 5.32 Å². The van der Waals surface area contributed by atoms with E-state index in [9.17, 15) is 4.79 Å². The van der Waals surface area contributed by atoms with Crippen LogP contribution in [0.1, 0.15) is 5.69 Å². The van der Waals surface area contributed by atoms with Crippen molar-refractivity contribution in [2.24, 2.45) is 0 Å². The Balaban J connectivity index is 1.40. The maximum absolute atomic E-state index is 12.4. The molecule has 32 heavy (non-hydrogen) atoms. The summed E-state index contributed by atoms with van der Waals surface area (Å²) in [4.78, 5) is 28.3. The number of hydrogen-bond acceptors (Lipinski definition) is 7. The number of rotatable bonds is 5. The van der Waals surface area contributed by atoms with Crippen molar-refractivity contribution in [1.29, 1.82) is 0 Å². The number of aromatic nitrogens is 5. The van der Waals surface area contributed by atoms with E-state index in [-0.39, 0.29) is 5.91 Å². The van der Waals surface area contributed by atoms with E-state index >= 15 is 0 Å². The third-order valence-electron chi connectivity index (χ3n) is 5.34. The quantitative estimate of drug-likeness (QED) is 0.502. The standard InChI is InChI=1S/C23H23N7O2/c1-15-3-2-4-20(26-15)23-17(13-25-29-23)18-5-6-19-21(28-18)11-16(12-24-19)27-22(31)14-30-7-9-32-10-8-30/h2-6,11-13H,7-10,14H2,1H3,(H,25,29)(H,27,31). The van der Waals surface area contributed by atoms with Gasteiger partial charge in [-0.3, -0.25) is 24.8 Å². The fourth-order valence-corrected chi connectivity index (χ4v) is 3.74. The zero-order valence-electron chi connectivity index (χ0n) is 17.7. The molecule has 5 heterocycles. The Morgan fingerprint density at radius 2 is 2.00 bits per heavy atom. The zero-order valence-corrected chi connectivity index (χ0v) is 17.7. The van der Waals surface area contributed by atoms with Gasteiger partial charge in [0.25, 0.3) is 0 Å². The summed E-state index contributed by atoms with van der Waals surface area (Å²) in [5.74, 6) is -0.0770. The van der Waals surface area contributed by atoms with E-state index in [4.69, 9.17) is 9.72 Å². The molecule has 4 aromatic heterocycles. The fourth-order valence-electron chi connectivity index (χ4n) is 3.74. The fraction of sp³-hybridized carbons (Fsp3) is 0.261. The van der Waals surface area contributed by atoms with Crippen LogP contribution in [0.15, 0.2) is 48.8 Å². The third kappa shape index (κ3) is 4.34. The molecule has 0 spiro atoms. The van der Waals surface area contributed by atoms with E-state index in [1.54, 1.807) is 6.20 Å². The number of aryl methyl sites for hydroxylation is 1. The Hall–Kier alpha value is -3.69. The van der Waals surface area contributed by atoms with Crippen LogP contribution in [0, 0.1) is 6.92 Å². The van der Waals surface area contributed by atoms with Gasteiger partial charge in [0.05, 0.1) is 54.1 Å². The maximum Gasteiger partial charge on any atom is 0.238 e. The number of pyridine rings is 3. The van der Waals surface area contributed by atoms with Gasteiger partial charge in [0, 0.05) is 30.5 Å². The third-order valence-corrected chi connectivity index (χ3v) is 5.34. The summed E-state index contributed by atoms with van der Waals surface area (Å²) in [6, 6.07) is 11.5. The number of nitrogens with zero attached hydrogens (tertiary/aromatic N) is 5. The first-order chi connectivity index (χ1) is 15.7. The minimum absolute atomic E-state index is 0.0770. The van der Waals surface area contributed by atoms with Gasteiger partial charge < -0.3 is 10.1 Å². The predicted octanol–water partition coefficient (Wildman–Crippen LogP) is 2.66. The highest BCUT2D eigenvalue weighted by atomic mass is 16.5. The molecular weight excluding hydrogens is 406 g/mol. The Morgan fingerprint density at radius 3 is 2.84 bits per heavy atom. The van der Waals surface area contributed by atoms with E-state index in [1.807, 2.05) is 49.5 Å². The molecule has 9 heteroatoms. The highest BCUT2D eigenvalue weighted by Gasteiger charge is 2.16. The molecule has 0 radical (unpaired) electrons. The van der Waals surface area contributed by atoms with Crippen molar-refractivity contribution < 1.29 is 9.53 Å². The lowest BCUT2D eigenvalue weighted by Gasteiger charge is -2.25.